The van der Waals surface area contributed by atoms with Gasteiger partial charge in [0.25, 0.3) is 0 Å². The zero-order valence-electron chi connectivity index (χ0n) is 11.1. The van der Waals surface area contributed by atoms with Gasteiger partial charge in [0.15, 0.2) is 10.8 Å². The Morgan fingerprint density at radius 1 is 1.24 bits per heavy atom. The second-order valence-electron chi connectivity index (χ2n) is 4.04. The number of fused-ring (bicyclic) bond motifs is 1. The van der Waals surface area contributed by atoms with E-state index in [0.29, 0.717) is 22.3 Å². The van der Waals surface area contributed by atoms with Crippen LogP contribution >= 0.6 is 11.3 Å². The number of ether oxygens (including phenoxy) is 2. The number of rotatable bonds is 3. The van der Waals surface area contributed by atoms with E-state index in [9.17, 15) is 4.79 Å². The van der Waals surface area contributed by atoms with E-state index in [0.717, 1.165) is 4.70 Å². The molecule has 3 aromatic rings. The molecule has 2 aromatic heterocycles. The Balaban J connectivity index is 1.74. The number of nitrogens with one attached hydrogen (secondary N) is 1. The van der Waals surface area contributed by atoms with Crippen LogP contribution in [-0.4, -0.2) is 23.2 Å². The molecular formula is C14H11N3O3S. The first-order valence-corrected chi connectivity index (χ1v) is 6.91. The van der Waals surface area contributed by atoms with E-state index in [-0.39, 0.29) is 0 Å². The molecule has 0 bridgehead atoms. The number of carbonyl (C=O) groups is 1. The van der Waals surface area contributed by atoms with Crippen molar-refractivity contribution in [2.45, 2.75) is 0 Å². The van der Waals surface area contributed by atoms with Crippen LogP contribution in [0.1, 0.15) is 0 Å². The summed E-state index contributed by atoms with van der Waals surface area (Å²) in [6, 6.07) is 10.6. The number of para-hydroxylation sites is 1. The number of aromatic nitrogens is 2. The van der Waals surface area contributed by atoms with Crippen molar-refractivity contribution in [1.82, 2.24) is 9.97 Å². The second-order valence-corrected chi connectivity index (χ2v) is 5.07. The topological polar surface area (TPSA) is 73.3 Å². The molecule has 0 atom stereocenters. The van der Waals surface area contributed by atoms with E-state index in [1.165, 1.54) is 11.3 Å². The maximum Gasteiger partial charge on any atom is 0.418 e. The summed E-state index contributed by atoms with van der Waals surface area (Å²) in [5.74, 6) is 1.11. The van der Waals surface area contributed by atoms with Crippen LogP contribution in [0, 0.1) is 0 Å². The van der Waals surface area contributed by atoms with E-state index in [1.54, 1.807) is 37.6 Å². The molecule has 2 heterocycles. The number of anilines is 1. The Morgan fingerprint density at radius 2 is 2.05 bits per heavy atom. The molecule has 7 heteroatoms. The van der Waals surface area contributed by atoms with Gasteiger partial charge in [-0.15, -0.1) is 0 Å². The van der Waals surface area contributed by atoms with Crippen LogP contribution in [0.4, 0.5) is 9.93 Å². The molecule has 0 spiro atoms. The Kier molecular flexibility index (Phi) is 3.65. The van der Waals surface area contributed by atoms with Gasteiger partial charge >= 0.3 is 6.09 Å². The highest BCUT2D eigenvalue weighted by Crippen LogP contribution is 2.27. The van der Waals surface area contributed by atoms with Crippen LogP contribution in [0.5, 0.6) is 11.5 Å². The van der Waals surface area contributed by atoms with Gasteiger partial charge in [-0.1, -0.05) is 29.5 Å². The number of amides is 1. The Hall–Kier alpha value is -2.67. The number of pyridine rings is 1. The standard InChI is InChI=1S/C14H11N3O3S/c1-19-10-7-11-12(15-8-10)16-13(21-11)17-14(18)20-9-5-3-2-4-6-9/h2-8H,1H3,(H,15,16,17,18). The van der Waals surface area contributed by atoms with Crippen LogP contribution < -0.4 is 14.8 Å². The van der Waals surface area contributed by atoms with Crippen molar-refractivity contribution in [3.8, 4) is 11.5 Å². The molecular weight excluding hydrogens is 290 g/mol. The van der Waals surface area contributed by atoms with Crippen LogP contribution in [0.15, 0.2) is 42.6 Å². The highest BCUT2D eigenvalue weighted by atomic mass is 32.1. The summed E-state index contributed by atoms with van der Waals surface area (Å²) in [6.45, 7) is 0. The monoisotopic (exact) mass is 301 g/mol. The molecule has 0 radical (unpaired) electrons. The maximum absolute atomic E-state index is 11.8. The van der Waals surface area contributed by atoms with Crippen LogP contribution in [0.3, 0.4) is 0 Å². The van der Waals surface area contributed by atoms with Gasteiger partial charge in [0, 0.05) is 6.07 Å². The van der Waals surface area contributed by atoms with Gasteiger partial charge in [-0.25, -0.2) is 9.78 Å². The molecule has 3 rings (SSSR count). The first-order valence-electron chi connectivity index (χ1n) is 6.09. The van der Waals surface area contributed by atoms with Gasteiger partial charge in [0.2, 0.25) is 0 Å². The SMILES string of the molecule is COc1cnc2nc(NC(=O)Oc3ccccc3)sc2c1. The van der Waals surface area contributed by atoms with Crippen molar-refractivity contribution in [3.63, 3.8) is 0 Å². The van der Waals surface area contributed by atoms with E-state index >= 15 is 0 Å². The smallest absolute Gasteiger partial charge is 0.418 e. The van der Waals surface area contributed by atoms with Gasteiger partial charge in [0.1, 0.15) is 11.5 Å². The van der Waals surface area contributed by atoms with Crippen molar-refractivity contribution in [1.29, 1.82) is 0 Å². The Morgan fingerprint density at radius 3 is 2.81 bits per heavy atom. The number of nitrogens with zero attached hydrogens (tertiary/aromatic N) is 2. The predicted octanol–water partition coefficient (Wildman–Crippen LogP) is 3.31. The average molecular weight is 301 g/mol. The summed E-state index contributed by atoms with van der Waals surface area (Å²) >= 11 is 1.30. The molecule has 1 N–H and O–H groups in total. The summed E-state index contributed by atoms with van der Waals surface area (Å²) in [5, 5.41) is 3.01. The lowest BCUT2D eigenvalue weighted by atomic mass is 10.3. The fourth-order valence-electron chi connectivity index (χ4n) is 1.68. The summed E-state index contributed by atoms with van der Waals surface area (Å²) in [5.41, 5.74) is 0.552. The number of carbonyl (C=O) groups excluding carboxylic acids is 1. The zero-order chi connectivity index (χ0) is 14.7. The minimum atomic E-state index is -0.591. The predicted molar refractivity (Wildman–Crippen MR) is 80.1 cm³/mol. The molecule has 0 fully saturated rings. The third-order valence-electron chi connectivity index (χ3n) is 2.62. The van der Waals surface area contributed by atoms with E-state index in [1.807, 2.05) is 12.1 Å². The molecule has 21 heavy (non-hydrogen) atoms. The highest BCUT2D eigenvalue weighted by molar-refractivity contribution is 7.22. The van der Waals surface area contributed by atoms with Gasteiger partial charge in [0.05, 0.1) is 18.0 Å². The number of thiazole rings is 1. The molecule has 0 aliphatic rings. The largest absolute Gasteiger partial charge is 0.495 e. The van der Waals surface area contributed by atoms with Gasteiger partial charge in [-0.05, 0) is 12.1 Å². The molecule has 0 saturated carbocycles. The fraction of sp³-hybridized carbons (Fsp3) is 0.0714. The van der Waals surface area contributed by atoms with Crippen LogP contribution in [0.25, 0.3) is 10.3 Å². The van der Waals surface area contributed by atoms with Crippen molar-refractivity contribution in [3.05, 3.63) is 42.6 Å². The number of hydrogen-bond donors (Lipinski definition) is 1. The zero-order valence-corrected chi connectivity index (χ0v) is 11.9. The molecule has 6 nitrogen and oxygen atoms in total. The lowest BCUT2D eigenvalue weighted by molar-refractivity contribution is 0.215. The van der Waals surface area contributed by atoms with Crippen molar-refractivity contribution in [2.24, 2.45) is 0 Å². The number of benzene rings is 1. The average Bonchev–Trinajstić information content (AvgIpc) is 2.89. The van der Waals surface area contributed by atoms with Gasteiger partial charge in [-0.2, -0.15) is 4.98 Å². The van der Waals surface area contributed by atoms with E-state index in [4.69, 9.17) is 9.47 Å². The lowest BCUT2D eigenvalue weighted by Crippen LogP contribution is -2.16. The summed E-state index contributed by atoms with van der Waals surface area (Å²) in [4.78, 5) is 20.1. The second kappa shape index (κ2) is 5.76. The minimum absolute atomic E-state index is 0.423. The molecule has 0 saturated heterocycles. The van der Waals surface area contributed by atoms with Gasteiger partial charge < -0.3 is 9.47 Å². The Labute approximate surface area is 124 Å². The highest BCUT2D eigenvalue weighted by Gasteiger charge is 2.10. The van der Waals surface area contributed by atoms with Crippen molar-refractivity contribution in [2.75, 3.05) is 12.4 Å². The maximum atomic E-state index is 11.8. The van der Waals surface area contributed by atoms with Crippen molar-refractivity contribution < 1.29 is 14.3 Å². The minimum Gasteiger partial charge on any atom is -0.495 e. The summed E-state index contributed by atoms with van der Waals surface area (Å²) in [7, 11) is 1.57. The fourth-order valence-corrected chi connectivity index (χ4v) is 2.51. The molecule has 106 valence electrons. The quantitative estimate of drug-likeness (QED) is 0.803. The van der Waals surface area contributed by atoms with Crippen LogP contribution in [0.2, 0.25) is 0 Å². The number of hydrogen-bond acceptors (Lipinski definition) is 6. The lowest BCUT2D eigenvalue weighted by Gasteiger charge is -2.03. The number of methoxy groups -OCH3 is 1. The molecule has 1 amide bonds. The summed E-state index contributed by atoms with van der Waals surface area (Å²) in [6.07, 6.45) is 0.987. The molecule has 0 aliphatic carbocycles. The van der Waals surface area contributed by atoms with E-state index < -0.39 is 6.09 Å². The first-order chi connectivity index (χ1) is 10.2. The third kappa shape index (κ3) is 3.09. The van der Waals surface area contributed by atoms with Gasteiger partial charge in [-0.3, -0.25) is 5.32 Å². The summed E-state index contributed by atoms with van der Waals surface area (Å²) < 4.78 is 11.1. The first kappa shape index (κ1) is 13.3. The normalized spacial score (nSPS) is 10.3. The molecule has 1 aromatic carbocycles. The molecule has 0 aliphatic heterocycles. The van der Waals surface area contributed by atoms with E-state index in [2.05, 4.69) is 15.3 Å². The van der Waals surface area contributed by atoms with Crippen LogP contribution in [-0.2, 0) is 0 Å². The Bertz CT molecular complexity index is 773. The third-order valence-corrected chi connectivity index (χ3v) is 3.53. The van der Waals surface area contributed by atoms with Crippen molar-refractivity contribution >= 4 is 32.9 Å². The molecule has 0 unspecified atom stereocenters.